The molecule has 17 heavy (non-hydrogen) atoms. The number of amides is 1. The van der Waals surface area contributed by atoms with Crippen LogP contribution in [-0.4, -0.2) is 35.0 Å². The maximum atomic E-state index is 12.8. The van der Waals surface area contributed by atoms with Gasteiger partial charge in [-0.2, -0.15) is 0 Å². The predicted octanol–water partition coefficient (Wildman–Crippen LogP) is 0.950. The normalized spacial score (nSPS) is 24.1. The van der Waals surface area contributed by atoms with E-state index in [9.17, 15) is 14.3 Å². The molecule has 1 aliphatic heterocycles. The molecule has 2 atom stereocenters. The van der Waals surface area contributed by atoms with Crippen molar-refractivity contribution in [2.75, 3.05) is 13.1 Å². The van der Waals surface area contributed by atoms with Crippen molar-refractivity contribution in [3.05, 3.63) is 29.6 Å². The van der Waals surface area contributed by atoms with E-state index in [1.165, 1.54) is 6.07 Å². The first-order chi connectivity index (χ1) is 7.99. The Morgan fingerprint density at radius 1 is 1.53 bits per heavy atom. The number of likely N-dealkylation sites (tertiary alicyclic amines) is 1. The first-order valence-electron chi connectivity index (χ1n) is 5.52. The molecule has 92 valence electrons. The monoisotopic (exact) mass is 238 g/mol. The Morgan fingerprint density at radius 2 is 2.24 bits per heavy atom. The number of carbonyl (C=O) groups is 1. The van der Waals surface area contributed by atoms with Crippen molar-refractivity contribution in [1.29, 1.82) is 0 Å². The molecule has 1 aromatic rings. The maximum absolute atomic E-state index is 12.8. The number of nitrogens with zero attached hydrogens (tertiary/aromatic N) is 1. The van der Waals surface area contributed by atoms with Gasteiger partial charge in [0, 0.05) is 25.2 Å². The average Bonchev–Trinajstić information content (AvgIpc) is 2.58. The van der Waals surface area contributed by atoms with Crippen LogP contribution >= 0.6 is 0 Å². The first-order valence-corrected chi connectivity index (χ1v) is 5.52. The summed E-state index contributed by atoms with van der Waals surface area (Å²) in [7, 11) is 0. The van der Waals surface area contributed by atoms with E-state index in [4.69, 9.17) is 5.73 Å². The highest BCUT2D eigenvalue weighted by molar-refractivity contribution is 5.97. The minimum absolute atomic E-state index is 0.0402. The minimum atomic E-state index is -0.564. The molecular weight excluding hydrogens is 223 g/mol. The summed E-state index contributed by atoms with van der Waals surface area (Å²) in [6.07, 6.45) is 0. The highest BCUT2D eigenvalue weighted by atomic mass is 19.1. The van der Waals surface area contributed by atoms with Crippen molar-refractivity contribution in [2.45, 2.75) is 13.0 Å². The highest BCUT2D eigenvalue weighted by Crippen LogP contribution is 2.23. The molecule has 1 aromatic carbocycles. The number of carbonyl (C=O) groups excluding carboxylic acids is 1. The van der Waals surface area contributed by atoms with Crippen LogP contribution in [0.5, 0.6) is 5.75 Å². The molecule has 1 aliphatic rings. The van der Waals surface area contributed by atoms with Crippen molar-refractivity contribution >= 4 is 5.91 Å². The Balaban J connectivity index is 2.20. The number of benzene rings is 1. The van der Waals surface area contributed by atoms with Crippen LogP contribution in [-0.2, 0) is 0 Å². The second kappa shape index (κ2) is 4.33. The molecule has 3 N–H and O–H groups in total. The van der Waals surface area contributed by atoms with Gasteiger partial charge in [-0.1, -0.05) is 6.92 Å². The fourth-order valence-corrected chi connectivity index (χ4v) is 2.01. The third-order valence-corrected chi connectivity index (χ3v) is 3.15. The van der Waals surface area contributed by atoms with E-state index in [2.05, 4.69) is 0 Å². The zero-order chi connectivity index (χ0) is 12.6. The Kier molecular flexibility index (Phi) is 3.02. The van der Waals surface area contributed by atoms with Gasteiger partial charge in [-0.05, 0) is 18.1 Å². The summed E-state index contributed by atoms with van der Waals surface area (Å²) in [4.78, 5) is 13.6. The largest absolute Gasteiger partial charge is 0.507 e. The van der Waals surface area contributed by atoms with E-state index in [0.29, 0.717) is 13.1 Å². The van der Waals surface area contributed by atoms with Crippen LogP contribution in [0.4, 0.5) is 4.39 Å². The molecule has 5 heteroatoms. The van der Waals surface area contributed by atoms with Gasteiger partial charge in [-0.15, -0.1) is 0 Å². The smallest absolute Gasteiger partial charge is 0.257 e. The molecule has 0 radical (unpaired) electrons. The van der Waals surface area contributed by atoms with Crippen molar-refractivity contribution in [3.8, 4) is 5.75 Å². The third kappa shape index (κ3) is 2.24. The quantitative estimate of drug-likeness (QED) is 0.765. The van der Waals surface area contributed by atoms with Crippen LogP contribution in [0.2, 0.25) is 0 Å². The van der Waals surface area contributed by atoms with Crippen LogP contribution in [0.25, 0.3) is 0 Å². The number of phenols is 1. The predicted molar refractivity (Wildman–Crippen MR) is 61.1 cm³/mol. The summed E-state index contributed by atoms with van der Waals surface area (Å²) in [5.74, 6) is -0.961. The molecule has 1 heterocycles. The lowest BCUT2D eigenvalue weighted by molar-refractivity contribution is 0.0783. The summed E-state index contributed by atoms with van der Waals surface area (Å²) >= 11 is 0. The topological polar surface area (TPSA) is 66.6 Å². The van der Waals surface area contributed by atoms with Gasteiger partial charge in [0.25, 0.3) is 5.91 Å². The maximum Gasteiger partial charge on any atom is 0.257 e. The molecule has 1 saturated heterocycles. The molecule has 0 aliphatic carbocycles. The van der Waals surface area contributed by atoms with E-state index in [-0.39, 0.29) is 29.2 Å². The van der Waals surface area contributed by atoms with Gasteiger partial charge in [-0.3, -0.25) is 4.79 Å². The number of rotatable bonds is 1. The van der Waals surface area contributed by atoms with E-state index >= 15 is 0 Å². The van der Waals surface area contributed by atoms with Crippen LogP contribution < -0.4 is 5.73 Å². The third-order valence-electron chi connectivity index (χ3n) is 3.15. The summed E-state index contributed by atoms with van der Waals surface area (Å²) in [6.45, 7) is 3.01. The molecule has 1 fully saturated rings. The Bertz CT molecular complexity index is 440. The van der Waals surface area contributed by atoms with E-state index in [1.807, 2.05) is 6.92 Å². The van der Waals surface area contributed by atoms with Gasteiger partial charge < -0.3 is 15.7 Å². The van der Waals surface area contributed by atoms with Crippen LogP contribution in [0.1, 0.15) is 17.3 Å². The summed E-state index contributed by atoms with van der Waals surface area (Å²) in [5, 5.41) is 9.54. The van der Waals surface area contributed by atoms with E-state index in [0.717, 1.165) is 12.1 Å². The van der Waals surface area contributed by atoms with Crippen LogP contribution in [0, 0.1) is 11.7 Å². The second-order valence-electron chi connectivity index (χ2n) is 4.51. The van der Waals surface area contributed by atoms with Crippen molar-refractivity contribution in [1.82, 2.24) is 4.90 Å². The van der Waals surface area contributed by atoms with Gasteiger partial charge in [-0.25, -0.2) is 4.39 Å². The first kappa shape index (κ1) is 11.9. The molecule has 4 nitrogen and oxygen atoms in total. The fraction of sp³-hybridized carbons (Fsp3) is 0.417. The molecule has 0 spiro atoms. The minimum Gasteiger partial charge on any atom is -0.507 e. The lowest BCUT2D eigenvalue weighted by Crippen LogP contribution is -2.32. The van der Waals surface area contributed by atoms with Crippen LogP contribution in [0.3, 0.4) is 0 Å². The van der Waals surface area contributed by atoms with Crippen molar-refractivity contribution in [3.63, 3.8) is 0 Å². The summed E-state index contributed by atoms with van der Waals surface area (Å²) < 4.78 is 12.8. The van der Waals surface area contributed by atoms with E-state index < -0.39 is 5.82 Å². The number of hydrogen-bond donors (Lipinski definition) is 2. The Morgan fingerprint density at radius 3 is 2.76 bits per heavy atom. The summed E-state index contributed by atoms with van der Waals surface area (Å²) in [6, 6.07) is 3.35. The van der Waals surface area contributed by atoms with Gasteiger partial charge in [0.1, 0.15) is 11.6 Å². The second-order valence-corrected chi connectivity index (χ2v) is 4.51. The number of halogens is 1. The molecule has 0 saturated carbocycles. The molecule has 1 amide bonds. The van der Waals surface area contributed by atoms with Gasteiger partial charge >= 0.3 is 0 Å². The SMILES string of the molecule is CC1CN(C(=O)c2ccc(F)cc2O)CC1N. The molecule has 0 bridgehead atoms. The lowest BCUT2D eigenvalue weighted by Gasteiger charge is -2.16. The zero-order valence-electron chi connectivity index (χ0n) is 9.56. The fourth-order valence-electron chi connectivity index (χ4n) is 2.01. The van der Waals surface area contributed by atoms with Crippen molar-refractivity contribution in [2.24, 2.45) is 11.7 Å². The lowest BCUT2D eigenvalue weighted by atomic mass is 10.1. The van der Waals surface area contributed by atoms with Crippen LogP contribution in [0.15, 0.2) is 18.2 Å². The van der Waals surface area contributed by atoms with Crippen molar-refractivity contribution < 1.29 is 14.3 Å². The van der Waals surface area contributed by atoms with Gasteiger partial charge in [0.05, 0.1) is 5.56 Å². The Labute approximate surface area is 98.8 Å². The molecule has 2 unspecified atom stereocenters. The molecular formula is C12H15FN2O2. The standard InChI is InChI=1S/C12H15FN2O2/c1-7-5-15(6-10(7)14)12(17)9-3-2-8(13)4-11(9)16/h2-4,7,10,16H,5-6,14H2,1H3. The average molecular weight is 238 g/mol. The van der Waals surface area contributed by atoms with Gasteiger partial charge in [0.2, 0.25) is 0 Å². The highest BCUT2D eigenvalue weighted by Gasteiger charge is 2.31. The summed E-state index contributed by atoms with van der Waals surface area (Å²) in [5.41, 5.74) is 5.95. The molecule has 2 rings (SSSR count). The number of hydrogen-bond acceptors (Lipinski definition) is 3. The number of phenolic OH excluding ortho intramolecular Hbond substituents is 1. The number of nitrogens with two attached hydrogens (primary N) is 1. The molecule has 0 aromatic heterocycles. The van der Waals surface area contributed by atoms with Gasteiger partial charge in [0.15, 0.2) is 0 Å². The Hall–Kier alpha value is -1.62. The number of aromatic hydroxyl groups is 1. The van der Waals surface area contributed by atoms with E-state index in [1.54, 1.807) is 4.90 Å². The zero-order valence-corrected chi connectivity index (χ0v) is 9.56.